The lowest BCUT2D eigenvalue weighted by atomic mass is 10.1. The third-order valence-electron chi connectivity index (χ3n) is 3.66. The van der Waals surface area contributed by atoms with E-state index in [0.29, 0.717) is 6.42 Å². The molecule has 0 N–H and O–H groups in total. The maximum Gasteiger partial charge on any atom is 0.227 e. The van der Waals surface area contributed by atoms with Crippen LogP contribution in [0.25, 0.3) is 0 Å². The molecule has 2 aromatic carbocycles. The van der Waals surface area contributed by atoms with E-state index in [4.69, 9.17) is 0 Å². The molecule has 2 aromatic rings. The summed E-state index contributed by atoms with van der Waals surface area (Å²) >= 11 is 0. The summed E-state index contributed by atoms with van der Waals surface area (Å²) in [4.78, 5) is 14.2. The third-order valence-corrected chi connectivity index (χ3v) is 3.66. The number of amides is 1. The van der Waals surface area contributed by atoms with Crippen molar-refractivity contribution >= 4 is 11.6 Å². The molecule has 1 aliphatic rings. The number of carbonyl (C=O) groups is 1. The number of benzene rings is 2. The molecule has 3 rings (SSSR count). The van der Waals surface area contributed by atoms with Gasteiger partial charge in [0, 0.05) is 18.7 Å². The minimum atomic E-state index is 0.230. The molecule has 2 nitrogen and oxygen atoms in total. The van der Waals surface area contributed by atoms with Crippen LogP contribution in [-0.2, 0) is 17.6 Å². The number of hydrogen-bond donors (Lipinski definition) is 0. The van der Waals surface area contributed by atoms with Gasteiger partial charge in [0.25, 0.3) is 0 Å². The number of fused-ring (bicyclic) bond motifs is 1. The van der Waals surface area contributed by atoms with Gasteiger partial charge in [-0.1, -0.05) is 48.5 Å². The van der Waals surface area contributed by atoms with Crippen molar-refractivity contribution in [2.45, 2.75) is 19.3 Å². The van der Waals surface area contributed by atoms with E-state index in [1.807, 2.05) is 41.3 Å². The van der Waals surface area contributed by atoms with E-state index in [-0.39, 0.29) is 5.91 Å². The summed E-state index contributed by atoms with van der Waals surface area (Å²) in [6.07, 6.45) is 2.38. The first-order chi connectivity index (χ1) is 9.34. The van der Waals surface area contributed by atoms with Gasteiger partial charge in [0.05, 0.1) is 0 Å². The Morgan fingerprint density at radius 2 is 1.74 bits per heavy atom. The number of para-hydroxylation sites is 1. The van der Waals surface area contributed by atoms with Crippen molar-refractivity contribution in [3.05, 3.63) is 65.7 Å². The quantitative estimate of drug-likeness (QED) is 0.820. The fraction of sp³-hybridized carbons (Fsp3) is 0.235. The highest BCUT2D eigenvalue weighted by Crippen LogP contribution is 2.28. The van der Waals surface area contributed by atoms with Gasteiger partial charge >= 0.3 is 0 Å². The summed E-state index contributed by atoms with van der Waals surface area (Å²) in [6.45, 7) is 0.826. The van der Waals surface area contributed by atoms with Gasteiger partial charge in [-0.2, -0.15) is 0 Å². The number of carbonyl (C=O) groups excluding carboxylic acids is 1. The van der Waals surface area contributed by atoms with E-state index in [1.165, 1.54) is 11.1 Å². The molecule has 0 fully saturated rings. The zero-order valence-electron chi connectivity index (χ0n) is 10.9. The highest BCUT2D eigenvalue weighted by molar-refractivity contribution is 5.95. The van der Waals surface area contributed by atoms with E-state index in [9.17, 15) is 4.79 Å². The number of anilines is 1. The molecule has 2 heteroatoms. The van der Waals surface area contributed by atoms with Gasteiger partial charge in [-0.25, -0.2) is 0 Å². The van der Waals surface area contributed by atoms with Gasteiger partial charge in [0.1, 0.15) is 0 Å². The maximum atomic E-state index is 12.3. The first-order valence-corrected chi connectivity index (χ1v) is 6.77. The number of nitrogens with zero attached hydrogens (tertiary/aromatic N) is 1. The smallest absolute Gasteiger partial charge is 0.227 e. The Morgan fingerprint density at radius 3 is 2.58 bits per heavy atom. The van der Waals surface area contributed by atoms with Gasteiger partial charge in [-0.3, -0.25) is 4.79 Å². The van der Waals surface area contributed by atoms with Crippen LogP contribution in [0.1, 0.15) is 17.5 Å². The van der Waals surface area contributed by atoms with Gasteiger partial charge in [-0.05, 0) is 30.0 Å². The maximum absolute atomic E-state index is 12.3. The molecular weight excluding hydrogens is 234 g/mol. The first-order valence-electron chi connectivity index (χ1n) is 6.77. The van der Waals surface area contributed by atoms with Crippen LogP contribution in [0.5, 0.6) is 0 Å². The number of aryl methyl sites for hydroxylation is 1. The summed E-state index contributed by atoms with van der Waals surface area (Å²) < 4.78 is 0. The van der Waals surface area contributed by atoms with Crippen molar-refractivity contribution in [2.24, 2.45) is 0 Å². The van der Waals surface area contributed by atoms with Gasteiger partial charge in [0.2, 0.25) is 5.91 Å². The van der Waals surface area contributed by atoms with Crippen molar-refractivity contribution in [1.29, 1.82) is 0 Å². The van der Waals surface area contributed by atoms with Crippen molar-refractivity contribution in [1.82, 2.24) is 0 Å². The molecule has 0 aliphatic carbocycles. The lowest BCUT2D eigenvalue weighted by Gasteiger charge is -2.17. The Bertz CT molecular complexity index is 577. The monoisotopic (exact) mass is 251 g/mol. The van der Waals surface area contributed by atoms with Gasteiger partial charge in [-0.15, -0.1) is 0 Å². The van der Waals surface area contributed by atoms with Crippen LogP contribution < -0.4 is 4.90 Å². The van der Waals surface area contributed by atoms with Crippen molar-refractivity contribution < 1.29 is 4.79 Å². The average Bonchev–Trinajstić information content (AvgIpc) is 2.90. The summed E-state index contributed by atoms with van der Waals surface area (Å²) in [5.41, 5.74) is 3.61. The molecule has 0 aromatic heterocycles. The predicted octanol–water partition coefficient (Wildman–Crippen LogP) is 3.21. The molecule has 0 atom stereocenters. The molecular formula is C17H17NO. The highest BCUT2D eigenvalue weighted by Gasteiger charge is 2.23. The Balaban J connectivity index is 1.66. The Kier molecular flexibility index (Phi) is 3.32. The summed E-state index contributed by atoms with van der Waals surface area (Å²) in [6, 6.07) is 18.4. The lowest BCUT2D eigenvalue weighted by molar-refractivity contribution is -0.118. The molecule has 1 amide bonds. The molecule has 0 spiro atoms. The second-order valence-electron chi connectivity index (χ2n) is 4.91. The Hall–Kier alpha value is -2.09. The van der Waals surface area contributed by atoms with Crippen LogP contribution in [0.2, 0.25) is 0 Å². The SMILES string of the molecule is O=C(CCc1ccccc1)N1CCc2ccccc21. The van der Waals surface area contributed by atoms with E-state index in [2.05, 4.69) is 18.2 Å². The van der Waals surface area contributed by atoms with E-state index in [0.717, 1.165) is 25.1 Å². The molecule has 1 aliphatic heterocycles. The molecule has 19 heavy (non-hydrogen) atoms. The minimum absolute atomic E-state index is 0.230. The fourth-order valence-electron chi connectivity index (χ4n) is 2.63. The molecule has 0 saturated carbocycles. The van der Waals surface area contributed by atoms with Crippen molar-refractivity contribution in [3.8, 4) is 0 Å². The predicted molar refractivity (Wildman–Crippen MR) is 77.3 cm³/mol. The largest absolute Gasteiger partial charge is 0.312 e. The van der Waals surface area contributed by atoms with E-state index < -0.39 is 0 Å². The molecule has 1 heterocycles. The summed E-state index contributed by atoms with van der Waals surface area (Å²) in [7, 11) is 0. The van der Waals surface area contributed by atoms with Crippen molar-refractivity contribution in [3.63, 3.8) is 0 Å². The van der Waals surface area contributed by atoms with Crippen LogP contribution in [0.4, 0.5) is 5.69 Å². The number of rotatable bonds is 3. The topological polar surface area (TPSA) is 20.3 Å². The molecule has 0 radical (unpaired) electrons. The van der Waals surface area contributed by atoms with Gasteiger partial charge < -0.3 is 4.90 Å². The van der Waals surface area contributed by atoms with Crippen LogP contribution in [-0.4, -0.2) is 12.5 Å². The van der Waals surface area contributed by atoms with Gasteiger partial charge in [0.15, 0.2) is 0 Å². The standard InChI is InChI=1S/C17H17NO/c19-17(11-10-14-6-2-1-3-7-14)18-13-12-15-8-4-5-9-16(15)18/h1-9H,10-13H2. The second-order valence-corrected chi connectivity index (χ2v) is 4.91. The van der Waals surface area contributed by atoms with Crippen molar-refractivity contribution in [2.75, 3.05) is 11.4 Å². The zero-order chi connectivity index (χ0) is 13.1. The molecule has 0 saturated heterocycles. The molecule has 0 bridgehead atoms. The third kappa shape index (κ3) is 2.53. The lowest BCUT2D eigenvalue weighted by Crippen LogP contribution is -2.28. The average molecular weight is 251 g/mol. The van der Waals surface area contributed by atoms with E-state index >= 15 is 0 Å². The van der Waals surface area contributed by atoms with Crippen LogP contribution in [0.3, 0.4) is 0 Å². The van der Waals surface area contributed by atoms with Crippen LogP contribution in [0, 0.1) is 0 Å². The van der Waals surface area contributed by atoms with Crippen LogP contribution >= 0.6 is 0 Å². The summed E-state index contributed by atoms with van der Waals surface area (Å²) in [5.74, 6) is 0.230. The second kappa shape index (κ2) is 5.27. The zero-order valence-corrected chi connectivity index (χ0v) is 10.9. The summed E-state index contributed by atoms with van der Waals surface area (Å²) in [5, 5.41) is 0. The first kappa shape index (κ1) is 12.0. The normalized spacial score (nSPS) is 13.4. The molecule has 0 unspecified atom stereocenters. The van der Waals surface area contributed by atoms with E-state index in [1.54, 1.807) is 0 Å². The molecule has 96 valence electrons. The minimum Gasteiger partial charge on any atom is -0.312 e. The number of hydrogen-bond acceptors (Lipinski definition) is 1. The Morgan fingerprint density at radius 1 is 1.00 bits per heavy atom. The van der Waals surface area contributed by atoms with Crippen LogP contribution in [0.15, 0.2) is 54.6 Å². The fourth-order valence-corrected chi connectivity index (χ4v) is 2.63. The highest BCUT2D eigenvalue weighted by atomic mass is 16.2. The Labute approximate surface area is 113 Å².